The van der Waals surface area contributed by atoms with Crippen LogP contribution in [0.3, 0.4) is 0 Å². The molecule has 0 aliphatic carbocycles. The molecule has 2 atom stereocenters. The van der Waals surface area contributed by atoms with Crippen molar-refractivity contribution in [1.82, 2.24) is 9.80 Å². The molecule has 4 rings (SSSR count). The number of amides is 2. The molecule has 0 saturated carbocycles. The van der Waals surface area contributed by atoms with E-state index in [0.717, 1.165) is 5.56 Å². The third kappa shape index (κ3) is 4.39. The normalized spacial score (nSPS) is 21.4. The maximum absolute atomic E-state index is 13.3. The number of benzene rings is 2. The van der Waals surface area contributed by atoms with Gasteiger partial charge in [-0.2, -0.15) is 0 Å². The van der Waals surface area contributed by atoms with Gasteiger partial charge >= 0.3 is 0 Å². The molecule has 156 valence electrons. The van der Waals surface area contributed by atoms with Gasteiger partial charge in [-0.05, 0) is 23.8 Å². The van der Waals surface area contributed by atoms with E-state index in [1.165, 1.54) is 0 Å². The summed E-state index contributed by atoms with van der Waals surface area (Å²) in [5.41, 5.74) is 1.52. The first-order valence-corrected chi connectivity index (χ1v) is 10.2. The highest BCUT2D eigenvalue weighted by Crippen LogP contribution is 2.25. The molecule has 0 spiro atoms. The molecule has 30 heavy (non-hydrogen) atoms. The van der Waals surface area contributed by atoms with Gasteiger partial charge in [0.25, 0.3) is 5.91 Å². The quantitative estimate of drug-likeness (QED) is 0.733. The average Bonchev–Trinajstić information content (AvgIpc) is 3.09. The number of hydrogen-bond donors (Lipinski definition) is 0. The Balaban J connectivity index is 1.53. The van der Waals surface area contributed by atoms with E-state index in [-0.39, 0.29) is 23.8 Å². The van der Waals surface area contributed by atoms with Gasteiger partial charge in [0.1, 0.15) is 5.75 Å². The molecule has 0 N–H and O–H groups in total. The van der Waals surface area contributed by atoms with Gasteiger partial charge in [0.05, 0.1) is 31.9 Å². The zero-order valence-electron chi connectivity index (χ0n) is 17.1. The SMILES string of the molecule is COc1ccccc1C(=O)N1C[C@H]2COC[C@@H]1CN(C(=O)C=Cc1ccccc1)C2. The van der Waals surface area contributed by atoms with Crippen molar-refractivity contribution >= 4 is 17.9 Å². The molecule has 2 aromatic rings. The number of fused-ring (bicyclic) bond motifs is 3. The predicted molar refractivity (Wildman–Crippen MR) is 114 cm³/mol. The van der Waals surface area contributed by atoms with Crippen molar-refractivity contribution in [2.24, 2.45) is 5.92 Å². The molecule has 0 aromatic heterocycles. The van der Waals surface area contributed by atoms with E-state index in [1.54, 1.807) is 25.3 Å². The minimum atomic E-state index is -0.191. The Hall–Kier alpha value is -3.12. The largest absolute Gasteiger partial charge is 0.496 e. The zero-order chi connectivity index (χ0) is 20.9. The van der Waals surface area contributed by atoms with E-state index in [4.69, 9.17) is 9.47 Å². The van der Waals surface area contributed by atoms with Crippen molar-refractivity contribution in [2.75, 3.05) is 40.0 Å². The maximum Gasteiger partial charge on any atom is 0.258 e. The summed E-state index contributed by atoms with van der Waals surface area (Å²) in [6, 6.07) is 16.8. The second-order valence-corrected chi connectivity index (χ2v) is 7.70. The van der Waals surface area contributed by atoms with Gasteiger partial charge in [-0.1, -0.05) is 42.5 Å². The minimum absolute atomic E-state index is 0.0395. The Morgan fingerprint density at radius 1 is 1.00 bits per heavy atom. The monoisotopic (exact) mass is 406 g/mol. The van der Waals surface area contributed by atoms with Crippen molar-refractivity contribution in [1.29, 1.82) is 0 Å². The van der Waals surface area contributed by atoms with Crippen LogP contribution in [-0.4, -0.2) is 67.6 Å². The smallest absolute Gasteiger partial charge is 0.258 e. The number of nitrogens with zero attached hydrogens (tertiary/aromatic N) is 2. The third-order valence-electron chi connectivity index (χ3n) is 5.60. The molecule has 2 heterocycles. The van der Waals surface area contributed by atoms with Gasteiger partial charge in [0.2, 0.25) is 5.91 Å². The number of carbonyl (C=O) groups excluding carboxylic acids is 2. The number of methoxy groups -OCH3 is 1. The number of ether oxygens (including phenoxy) is 2. The topological polar surface area (TPSA) is 59.1 Å². The van der Waals surface area contributed by atoms with Crippen LogP contribution in [0, 0.1) is 5.92 Å². The Morgan fingerprint density at radius 2 is 1.77 bits per heavy atom. The van der Waals surface area contributed by atoms with Crippen LogP contribution >= 0.6 is 0 Å². The second kappa shape index (κ2) is 9.13. The van der Waals surface area contributed by atoms with Gasteiger partial charge in [-0.25, -0.2) is 0 Å². The summed E-state index contributed by atoms with van der Waals surface area (Å²) >= 11 is 0. The standard InChI is InChI=1S/C24H26N2O4/c1-29-22-10-6-5-9-21(22)24(28)26-14-19-13-25(15-20(26)17-30-16-19)23(27)12-11-18-7-3-2-4-8-18/h2-12,19-20H,13-17H2,1H3/t19-,20-/m0/s1. The molecular weight excluding hydrogens is 380 g/mol. The highest BCUT2D eigenvalue weighted by Gasteiger charge is 2.37. The first-order valence-electron chi connectivity index (χ1n) is 10.2. The molecule has 6 nitrogen and oxygen atoms in total. The van der Waals surface area contributed by atoms with Gasteiger partial charge in [0, 0.05) is 31.6 Å². The van der Waals surface area contributed by atoms with E-state index >= 15 is 0 Å². The summed E-state index contributed by atoms with van der Waals surface area (Å²) in [5.74, 6) is 0.510. The lowest BCUT2D eigenvalue weighted by Crippen LogP contribution is -2.47. The Kier molecular flexibility index (Phi) is 6.14. The van der Waals surface area contributed by atoms with Crippen LogP contribution in [0.15, 0.2) is 60.7 Å². The molecule has 6 heteroatoms. The van der Waals surface area contributed by atoms with Crippen molar-refractivity contribution in [3.63, 3.8) is 0 Å². The molecule has 2 aliphatic rings. The summed E-state index contributed by atoms with van der Waals surface area (Å²) in [6.45, 7) is 2.55. The van der Waals surface area contributed by atoms with Crippen molar-refractivity contribution in [3.05, 3.63) is 71.8 Å². The molecule has 2 aliphatic heterocycles. The second-order valence-electron chi connectivity index (χ2n) is 7.70. The lowest BCUT2D eigenvalue weighted by molar-refractivity contribution is -0.127. The fraction of sp³-hybridized carbons (Fsp3) is 0.333. The van der Waals surface area contributed by atoms with Gasteiger partial charge in [0.15, 0.2) is 0 Å². The lowest BCUT2D eigenvalue weighted by Gasteiger charge is -2.31. The van der Waals surface area contributed by atoms with Crippen molar-refractivity contribution in [2.45, 2.75) is 6.04 Å². The van der Waals surface area contributed by atoms with Gasteiger partial charge in [-0.3, -0.25) is 9.59 Å². The van der Waals surface area contributed by atoms with Gasteiger partial charge < -0.3 is 19.3 Å². The molecule has 2 saturated heterocycles. The average molecular weight is 406 g/mol. The van der Waals surface area contributed by atoms with E-state index in [9.17, 15) is 9.59 Å². The van der Waals surface area contributed by atoms with Crippen LogP contribution < -0.4 is 4.74 Å². The van der Waals surface area contributed by atoms with E-state index in [0.29, 0.717) is 44.2 Å². The highest BCUT2D eigenvalue weighted by atomic mass is 16.5. The molecular formula is C24H26N2O4. The molecule has 2 aromatic carbocycles. The van der Waals surface area contributed by atoms with Crippen LogP contribution in [0.2, 0.25) is 0 Å². The van der Waals surface area contributed by atoms with Gasteiger partial charge in [-0.15, -0.1) is 0 Å². The van der Waals surface area contributed by atoms with E-state index in [1.807, 2.05) is 58.3 Å². The van der Waals surface area contributed by atoms with Crippen LogP contribution in [0.4, 0.5) is 0 Å². The number of hydrogen-bond acceptors (Lipinski definition) is 4. The van der Waals surface area contributed by atoms with Crippen LogP contribution in [0.25, 0.3) is 6.08 Å². The zero-order valence-corrected chi connectivity index (χ0v) is 17.1. The molecule has 2 amide bonds. The number of carbonyl (C=O) groups is 2. The molecule has 2 fully saturated rings. The van der Waals surface area contributed by atoms with Crippen LogP contribution in [0.5, 0.6) is 5.75 Å². The predicted octanol–water partition coefficient (Wildman–Crippen LogP) is 2.71. The number of rotatable bonds is 4. The minimum Gasteiger partial charge on any atom is -0.496 e. The van der Waals surface area contributed by atoms with E-state index < -0.39 is 0 Å². The van der Waals surface area contributed by atoms with Crippen molar-refractivity contribution < 1.29 is 19.1 Å². The van der Waals surface area contributed by atoms with Crippen LogP contribution in [-0.2, 0) is 9.53 Å². The first-order chi connectivity index (χ1) is 14.7. The fourth-order valence-electron chi connectivity index (χ4n) is 4.08. The molecule has 0 radical (unpaired) electrons. The van der Waals surface area contributed by atoms with E-state index in [2.05, 4.69) is 0 Å². The molecule has 2 bridgehead atoms. The summed E-state index contributed by atoms with van der Waals surface area (Å²) < 4.78 is 11.2. The summed E-state index contributed by atoms with van der Waals surface area (Å²) in [7, 11) is 1.56. The third-order valence-corrected chi connectivity index (χ3v) is 5.60. The highest BCUT2D eigenvalue weighted by molar-refractivity contribution is 5.97. The number of para-hydroxylation sites is 1. The van der Waals surface area contributed by atoms with Crippen molar-refractivity contribution in [3.8, 4) is 5.75 Å². The van der Waals surface area contributed by atoms with Crippen LogP contribution in [0.1, 0.15) is 15.9 Å². The Labute approximate surface area is 176 Å². The Morgan fingerprint density at radius 3 is 2.57 bits per heavy atom. The lowest BCUT2D eigenvalue weighted by atomic mass is 10.1. The first kappa shape index (κ1) is 20.2. The summed E-state index contributed by atoms with van der Waals surface area (Å²) in [5, 5.41) is 0. The fourth-order valence-corrected chi connectivity index (χ4v) is 4.08. The summed E-state index contributed by atoms with van der Waals surface area (Å²) in [6.07, 6.45) is 3.45. The molecule has 0 unspecified atom stereocenters. The Bertz CT molecular complexity index is 928. The summed E-state index contributed by atoms with van der Waals surface area (Å²) in [4.78, 5) is 29.9. The maximum atomic E-state index is 13.3.